The Morgan fingerprint density at radius 1 is 1.29 bits per heavy atom. The third-order valence-corrected chi connectivity index (χ3v) is 3.75. The van der Waals surface area contributed by atoms with E-state index in [2.05, 4.69) is 25.9 Å². The summed E-state index contributed by atoms with van der Waals surface area (Å²) in [6.07, 6.45) is 2.67. The van der Waals surface area contributed by atoms with E-state index in [0.29, 0.717) is 11.4 Å². The molecule has 0 amide bonds. The molecule has 0 saturated heterocycles. The molecule has 2 N–H and O–H groups in total. The molecule has 122 valence electrons. The number of hydrogen-bond acceptors (Lipinski definition) is 5. The van der Waals surface area contributed by atoms with Crippen LogP contribution in [0.5, 0.6) is 5.88 Å². The zero-order valence-corrected chi connectivity index (χ0v) is 13.9. The van der Waals surface area contributed by atoms with Crippen molar-refractivity contribution < 1.29 is 9.52 Å². The van der Waals surface area contributed by atoms with Crippen LogP contribution in [0.1, 0.15) is 11.3 Å². The molecule has 0 bridgehead atoms. The Morgan fingerprint density at radius 2 is 2.12 bits per heavy atom. The lowest BCUT2D eigenvalue weighted by Crippen LogP contribution is -2.32. The minimum absolute atomic E-state index is 0.00777. The van der Waals surface area contributed by atoms with Crippen LogP contribution in [-0.2, 0) is 6.54 Å². The van der Waals surface area contributed by atoms with Gasteiger partial charge >= 0.3 is 5.69 Å². The largest absolute Gasteiger partial charge is 0.494 e. The normalized spacial score (nSPS) is 11.2. The number of benzene rings is 1. The van der Waals surface area contributed by atoms with Crippen molar-refractivity contribution in [2.75, 3.05) is 0 Å². The molecule has 0 saturated carbocycles. The van der Waals surface area contributed by atoms with Crippen molar-refractivity contribution >= 4 is 27.8 Å². The number of rotatable bonds is 4. The Balaban J connectivity index is 2.01. The molecule has 3 aromatic rings. The predicted molar refractivity (Wildman–Crippen MR) is 92.2 cm³/mol. The first-order valence-electron chi connectivity index (χ1n) is 6.92. The highest BCUT2D eigenvalue weighted by Gasteiger charge is 2.13. The SMILES string of the molecule is O=c1[nH]c(=O)n(Cc2ccco2)c(O)c1C=Nc1cccc(Br)c1. The van der Waals surface area contributed by atoms with E-state index in [0.717, 1.165) is 9.04 Å². The lowest BCUT2D eigenvalue weighted by molar-refractivity contribution is 0.392. The molecule has 0 unspecified atom stereocenters. The van der Waals surface area contributed by atoms with Crippen molar-refractivity contribution in [2.45, 2.75) is 6.54 Å². The topological polar surface area (TPSA) is 101 Å². The van der Waals surface area contributed by atoms with Gasteiger partial charge in [-0.1, -0.05) is 22.0 Å². The van der Waals surface area contributed by atoms with E-state index in [-0.39, 0.29) is 12.1 Å². The van der Waals surface area contributed by atoms with Crippen LogP contribution >= 0.6 is 15.9 Å². The van der Waals surface area contributed by atoms with Gasteiger partial charge in [0.25, 0.3) is 5.56 Å². The fourth-order valence-corrected chi connectivity index (χ4v) is 2.48. The van der Waals surface area contributed by atoms with Crippen LogP contribution in [0, 0.1) is 0 Å². The summed E-state index contributed by atoms with van der Waals surface area (Å²) in [5, 5.41) is 10.3. The minimum atomic E-state index is -0.728. The van der Waals surface area contributed by atoms with Gasteiger partial charge in [-0.3, -0.25) is 19.3 Å². The van der Waals surface area contributed by atoms with Crippen LogP contribution in [0.25, 0.3) is 0 Å². The molecule has 0 radical (unpaired) electrons. The van der Waals surface area contributed by atoms with Crippen molar-refractivity contribution in [3.8, 4) is 5.88 Å². The number of aromatic hydroxyl groups is 1. The zero-order chi connectivity index (χ0) is 17.1. The number of nitrogens with zero attached hydrogens (tertiary/aromatic N) is 2. The third-order valence-electron chi connectivity index (χ3n) is 3.25. The van der Waals surface area contributed by atoms with Crippen molar-refractivity contribution in [1.29, 1.82) is 0 Å². The monoisotopic (exact) mass is 389 g/mol. The van der Waals surface area contributed by atoms with Gasteiger partial charge in [0.05, 0.1) is 18.5 Å². The van der Waals surface area contributed by atoms with Crippen LogP contribution in [0.15, 0.2) is 66.1 Å². The van der Waals surface area contributed by atoms with E-state index >= 15 is 0 Å². The highest BCUT2D eigenvalue weighted by molar-refractivity contribution is 9.10. The summed E-state index contributed by atoms with van der Waals surface area (Å²) in [5.41, 5.74) is -0.964. The molecule has 2 heterocycles. The predicted octanol–water partition coefficient (Wildman–Crippen LogP) is 2.40. The number of halogens is 1. The number of nitrogens with one attached hydrogen (secondary N) is 1. The molecule has 1 aromatic carbocycles. The number of aromatic nitrogens is 2. The molecule has 3 rings (SSSR count). The second-order valence-corrected chi connectivity index (χ2v) is 5.82. The van der Waals surface area contributed by atoms with E-state index in [1.54, 1.807) is 30.3 Å². The summed E-state index contributed by atoms with van der Waals surface area (Å²) in [7, 11) is 0. The molecule has 24 heavy (non-hydrogen) atoms. The molecule has 0 aliphatic heterocycles. The smallest absolute Gasteiger partial charge is 0.331 e. The van der Waals surface area contributed by atoms with E-state index in [1.165, 1.54) is 12.5 Å². The molecule has 0 aliphatic rings. The minimum Gasteiger partial charge on any atom is -0.494 e. The van der Waals surface area contributed by atoms with E-state index < -0.39 is 17.1 Å². The number of aromatic amines is 1. The fourth-order valence-electron chi connectivity index (χ4n) is 2.09. The second kappa shape index (κ2) is 6.71. The maximum absolute atomic E-state index is 12.0. The second-order valence-electron chi connectivity index (χ2n) is 4.90. The van der Waals surface area contributed by atoms with Gasteiger partial charge in [-0.15, -0.1) is 0 Å². The van der Waals surface area contributed by atoms with Gasteiger partial charge in [-0.25, -0.2) is 4.79 Å². The first-order valence-corrected chi connectivity index (χ1v) is 7.72. The van der Waals surface area contributed by atoms with Crippen molar-refractivity contribution in [3.63, 3.8) is 0 Å². The first kappa shape index (κ1) is 16.0. The quantitative estimate of drug-likeness (QED) is 0.668. The number of aliphatic imine (C=N–C) groups is 1. The molecule has 0 atom stereocenters. The Bertz CT molecular complexity index is 1000. The lowest BCUT2D eigenvalue weighted by atomic mass is 10.3. The van der Waals surface area contributed by atoms with E-state index in [9.17, 15) is 14.7 Å². The highest BCUT2D eigenvalue weighted by Crippen LogP contribution is 2.19. The average molecular weight is 390 g/mol. The number of H-pyrrole nitrogens is 1. The van der Waals surface area contributed by atoms with Gasteiger partial charge in [-0.05, 0) is 30.3 Å². The third kappa shape index (κ3) is 3.38. The summed E-state index contributed by atoms with van der Waals surface area (Å²) in [4.78, 5) is 30.2. The van der Waals surface area contributed by atoms with Gasteiger partial charge in [0, 0.05) is 10.7 Å². The number of furan rings is 1. The van der Waals surface area contributed by atoms with Crippen LogP contribution in [-0.4, -0.2) is 20.9 Å². The molecule has 0 fully saturated rings. The highest BCUT2D eigenvalue weighted by atomic mass is 79.9. The van der Waals surface area contributed by atoms with Gasteiger partial charge in [-0.2, -0.15) is 0 Å². The first-order chi connectivity index (χ1) is 11.5. The summed E-state index contributed by atoms with van der Waals surface area (Å²) < 4.78 is 6.99. The molecule has 0 spiro atoms. The average Bonchev–Trinajstić information content (AvgIpc) is 3.04. The summed E-state index contributed by atoms with van der Waals surface area (Å²) in [6, 6.07) is 10.4. The molecule has 8 heteroatoms. The Hall–Kier alpha value is -2.87. The molecule has 0 aliphatic carbocycles. The van der Waals surface area contributed by atoms with Crippen LogP contribution in [0.4, 0.5) is 5.69 Å². The molecule has 7 nitrogen and oxygen atoms in total. The number of hydrogen-bond donors (Lipinski definition) is 2. The molecular formula is C16H12BrN3O4. The summed E-state index contributed by atoms with van der Waals surface area (Å²) in [5.74, 6) is -0.00627. The lowest BCUT2D eigenvalue weighted by Gasteiger charge is -2.07. The van der Waals surface area contributed by atoms with E-state index in [4.69, 9.17) is 4.42 Å². The fraction of sp³-hybridized carbons (Fsp3) is 0.0625. The van der Waals surface area contributed by atoms with Crippen LogP contribution in [0.3, 0.4) is 0 Å². The van der Waals surface area contributed by atoms with Gasteiger partial charge in [0.15, 0.2) is 0 Å². The molecular weight excluding hydrogens is 378 g/mol. The molecule has 2 aromatic heterocycles. The zero-order valence-electron chi connectivity index (χ0n) is 12.3. The van der Waals surface area contributed by atoms with Crippen LogP contribution in [0.2, 0.25) is 0 Å². The van der Waals surface area contributed by atoms with Crippen molar-refractivity contribution in [1.82, 2.24) is 9.55 Å². The van der Waals surface area contributed by atoms with Crippen molar-refractivity contribution in [2.24, 2.45) is 4.99 Å². The Kier molecular flexibility index (Phi) is 4.48. The summed E-state index contributed by atoms with van der Waals surface area (Å²) >= 11 is 3.32. The van der Waals surface area contributed by atoms with E-state index in [1.807, 2.05) is 6.07 Å². The van der Waals surface area contributed by atoms with Crippen LogP contribution < -0.4 is 11.2 Å². The van der Waals surface area contributed by atoms with Gasteiger partial charge < -0.3 is 9.52 Å². The standard InChI is InChI=1S/C16H12BrN3O4/c17-10-3-1-4-11(7-10)18-8-13-14(21)19-16(23)20(15(13)22)9-12-5-2-6-24-12/h1-8,22H,9H2,(H,19,21,23). The van der Waals surface area contributed by atoms with Gasteiger partial charge in [0.1, 0.15) is 11.3 Å². The maximum atomic E-state index is 12.0. The van der Waals surface area contributed by atoms with Crippen molar-refractivity contribution in [3.05, 3.63) is 79.3 Å². The summed E-state index contributed by atoms with van der Waals surface area (Å²) in [6.45, 7) is -0.00777. The Morgan fingerprint density at radius 3 is 2.83 bits per heavy atom. The maximum Gasteiger partial charge on any atom is 0.331 e. The Labute approximate surface area is 144 Å². The van der Waals surface area contributed by atoms with Gasteiger partial charge in [0.2, 0.25) is 5.88 Å².